The van der Waals surface area contributed by atoms with Gasteiger partial charge in [-0.15, -0.1) is 0 Å². The first-order valence-corrected chi connectivity index (χ1v) is 7.97. The van der Waals surface area contributed by atoms with Crippen LogP contribution in [0.2, 0.25) is 0 Å². The van der Waals surface area contributed by atoms with E-state index in [0.29, 0.717) is 23.4 Å². The molecule has 0 saturated carbocycles. The molecule has 0 atom stereocenters. The van der Waals surface area contributed by atoms with Gasteiger partial charge in [0.25, 0.3) is 0 Å². The molecule has 1 aliphatic heterocycles. The number of anilines is 2. The van der Waals surface area contributed by atoms with Crippen molar-refractivity contribution >= 4 is 38.6 Å². The highest BCUT2D eigenvalue weighted by molar-refractivity contribution is 9.10. The molecule has 0 bridgehead atoms. The molecule has 0 unspecified atom stereocenters. The molecule has 118 valence electrons. The molecule has 7 nitrogen and oxygen atoms in total. The summed E-state index contributed by atoms with van der Waals surface area (Å²) in [7, 11) is 0. The predicted octanol–water partition coefficient (Wildman–Crippen LogP) is 1.98. The van der Waals surface area contributed by atoms with Crippen molar-refractivity contribution in [3.05, 3.63) is 35.1 Å². The van der Waals surface area contributed by atoms with E-state index < -0.39 is 0 Å². The van der Waals surface area contributed by atoms with Crippen LogP contribution in [0.4, 0.5) is 16.0 Å². The van der Waals surface area contributed by atoms with Crippen LogP contribution >= 0.6 is 15.9 Å². The predicted molar refractivity (Wildman–Crippen MR) is 88.0 cm³/mol. The summed E-state index contributed by atoms with van der Waals surface area (Å²) in [4.78, 5) is 16.8. The van der Waals surface area contributed by atoms with Crippen LogP contribution in [0.25, 0.3) is 11.0 Å². The number of rotatable bonds is 2. The average Bonchev–Trinajstić information content (AvgIpc) is 3.04. The molecule has 0 aromatic carbocycles. The summed E-state index contributed by atoms with van der Waals surface area (Å²) in [5, 5.41) is 7.75. The molecule has 23 heavy (non-hydrogen) atoms. The molecule has 1 aliphatic rings. The second-order valence-electron chi connectivity index (χ2n) is 5.26. The summed E-state index contributed by atoms with van der Waals surface area (Å²) in [6.07, 6.45) is 4.87. The van der Waals surface area contributed by atoms with Gasteiger partial charge in [0.15, 0.2) is 17.3 Å². The summed E-state index contributed by atoms with van der Waals surface area (Å²) in [6.45, 7) is 2.81. The number of pyridine rings is 1. The van der Waals surface area contributed by atoms with E-state index in [2.05, 4.69) is 46.0 Å². The van der Waals surface area contributed by atoms with Gasteiger partial charge in [0.2, 0.25) is 0 Å². The highest BCUT2D eigenvalue weighted by Gasteiger charge is 2.23. The Hall–Kier alpha value is -2.29. The zero-order chi connectivity index (χ0) is 15.8. The molecule has 0 spiro atoms. The van der Waals surface area contributed by atoms with Crippen LogP contribution in [0.5, 0.6) is 0 Å². The van der Waals surface area contributed by atoms with Crippen molar-refractivity contribution in [1.82, 2.24) is 25.1 Å². The molecule has 0 aliphatic carbocycles. The lowest BCUT2D eigenvalue weighted by atomic mass is 10.2. The lowest BCUT2D eigenvalue weighted by Crippen LogP contribution is -2.47. The smallest absolute Gasteiger partial charge is 0.166 e. The Morgan fingerprint density at radius 2 is 1.74 bits per heavy atom. The first-order valence-electron chi connectivity index (χ1n) is 7.17. The number of nitrogens with zero attached hydrogens (tertiary/aromatic N) is 6. The van der Waals surface area contributed by atoms with Gasteiger partial charge in [0, 0.05) is 36.8 Å². The van der Waals surface area contributed by atoms with Gasteiger partial charge in [-0.1, -0.05) is 0 Å². The van der Waals surface area contributed by atoms with Gasteiger partial charge in [-0.25, -0.2) is 19.3 Å². The van der Waals surface area contributed by atoms with E-state index in [0.717, 1.165) is 29.9 Å². The van der Waals surface area contributed by atoms with Crippen molar-refractivity contribution in [2.24, 2.45) is 0 Å². The Bertz CT molecular complexity index is 844. The van der Waals surface area contributed by atoms with Gasteiger partial charge < -0.3 is 9.80 Å². The minimum atomic E-state index is -0.313. The third kappa shape index (κ3) is 2.61. The second-order valence-corrected chi connectivity index (χ2v) is 6.18. The number of nitrogens with one attached hydrogen (secondary N) is 1. The van der Waals surface area contributed by atoms with Crippen LogP contribution in [-0.2, 0) is 0 Å². The number of halogens is 2. The Morgan fingerprint density at radius 1 is 1.00 bits per heavy atom. The zero-order valence-corrected chi connectivity index (χ0v) is 13.7. The summed E-state index contributed by atoms with van der Waals surface area (Å²) in [5.41, 5.74) is 0.720. The minimum Gasteiger partial charge on any atom is -0.352 e. The summed E-state index contributed by atoms with van der Waals surface area (Å²) >= 11 is 3.23. The van der Waals surface area contributed by atoms with Crippen molar-refractivity contribution < 1.29 is 4.39 Å². The van der Waals surface area contributed by atoms with Gasteiger partial charge >= 0.3 is 0 Å². The van der Waals surface area contributed by atoms with Crippen LogP contribution in [0.15, 0.2) is 29.3 Å². The van der Waals surface area contributed by atoms with Crippen molar-refractivity contribution in [3.8, 4) is 0 Å². The van der Waals surface area contributed by atoms with E-state index >= 15 is 0 Å². The second kappa shape index (κ2) is 5.73. The van der Waals surface area contributed by atoms with Crippen molar-refractivity contribution in [2.75, 3.05) is 36.0 Å². The van der Waals surface area contributed by atoms with E-state index in [4.69, 9.17) is 0 Å². The number of aromatic nitrogens is 5. The number of hydrogen-bond acceptors (Lipinski definition) is 6. The van der Waals surface area contributed by atoms with Crippen LogP contribution in [0.3, 0.4) is 0 Å². The third-order valence-corrected chi connectivity index (χ3v) is 4.33. The Labute approximate surface area is 139 Å². The molecule has 4 rings (SSSR count). The standard InChI is InChI=1S/C14H13BrFN7/c15-9-5-11(16)14(17-6-9)23-3-1-22(2-4-23)13-10-7-20-21-12(10)18-8-19-13/h5-8H,1-4H2,(H,18,19,20,21). The van der Waals surface area contributed by atoms with Crippen molar-refractivity contribution in [2.45, 2.75) is 0 Å². The first-order chi connectivity index (χ1) is 11.2. The van der Waals surface area contributed by atoms with Crippen LogP contribution < -0.4 is 9.80 Å². The Morgan fingerprint density at radius 3 is 2.48 bits per heavy atom. The fourth-order valence-corrected chi connectivity index (χ4v) is 3.08. The Kier molecular flexibility index (Phi) is 3.56. The van der Waals surface area contributed by atoms with E-state index in [1.54, 1.807) is 12.4 Å². The molecule has 3 aromatic heterocycles. The molecule has 0 amide bonds. The lowest BCUT2D eigenvalue weighted by molar-refractivity contribution is 0.586. The van der Waals surface area contributed by atoms with Crippen LogP contribution in [0, 0.1) is 5.82 Å². The first kappa shape index (κ1) is 14.3. The normalized spacial score (nSPS) is 15.4. The van der Waals surface area contributed by atoms with Crippen LogP contribution in [0.1, 0.15) is 0 Å². The zero-order valence-electron chi connectivity index (χ0n) is 12.1. The van der Waals surface area contributed by atoms with Gasteiger partial charge in [0.1, 0.15) is 12.1 Å². The maximum atomic E-state index is 14.0. The average molecular weight is 378 g/mol. The molecule has 1 saturated heterocycles. The maximum Gasteiger partial charge on any atom is 0.166 e. The number of fused-ring (bicyclic) bond motifs is 1. The van der Waals surface area contributed by atoms with Gasteiger partial charge in [0.05, 0.1) is 11.6 Å². The highest BCUT2D eigenvalue weighted by atomic mass is 79.9. The topological polar surface area (TPSA) is 73.8 Å². The minimum absolute atomic E-state index is 0.313. The number of H-pyrrole nitrogens is 1. The monoisotopic (exact) mass is 377 g/mol. The third-order valence-electron chi connectivity index (χ3n) is 3.89. The number of hydrogen-bond donors (Lipinski definition) is 1. The SMILES string of the molecule is Fc1cc(Br)cnc1N1CCN(c2ncnc3[nH]ncc23)CC1. The van der Waals surface area contributed by atoms with Crippen molar-refractivity contribution in [3.63, 3.8) is 0 Å². The lowest BCUT2D eigenvalue weighted by Gasteiger charge is -2.36. The number of aromatic amines is 1. The van der Waals surface area contributed by atoms with E-state index in [1.165, 1.54) is 12.4 Å². The Balaban J connectivity index is 1.54. The molecular weight excluding hydrogens is 365 g/mol. The quantitative estimate of drug-likeness (QED) is 0.735. The largest absolute Gasteiger partial charge is 0.352 e. The molecule has 9 heteroatoms. The van der Waals surface area contributed by atoms with E-state index in [1.807, 2.05) is 4.90 Å². The van der Waals surface area contributed by atoms with Gasteiger partial charge in [-0.05, 0) is 22.0 Å². The molecular formula is C14H13BrFN7. The molecule has 1 N–H and O–H groups in total. The summed E-state index contributed by atoms with van der Waals surface area (Å²) < 4.78 is 14.7. The van der Waals surface area contributed by atoms with Crippen molar-refractivity contribution in [1.29, 1.82) is 0 Å². The molecule has 1 fully saturated rings. The maximum absolute atomic E-state index is 14.0. The fourth-order valence-electron chi connectivity index (χ4n) is 2.77. The summed E-state index contributed by atoms with van der Waals surface area (Å²) in [6, 6.07) is 1.44. The van der Waals surface area contributed by atoms with E-state index in [-0.39, 0.29) is 5.82 Å². The van der Waals surface area contributed by atoms with Gasteiger partial charge in [-0.3, -0.25) is 5.10 Å². The molecule has 0 radical (unpaired) electrons. The number of piperazine rings is 1. The van der Waals surface area contributed by atoms with Crippen LogP contribution in [-0.4, -0.2) is 51.3 Å². The molecule has 4 heterocycles. The molecule has 3 aromatic rings. The highest BCUT2D eigenvalue weighted by Crippen LogP contribution is 2.25. The fraction of sp³-hybridized carbons (Fsp3) is 0.286. The summed E-state index contributed by atoms with van der Waals surface area (Å²) in [5.74, 6) is 0.934. The van der Waals surface area contributed by atoms with Gasteiger partial charge in [-0.2, -0.15) is 5.10 Å². The van der Waals surface area contributed by atoms with E-state index in [9.17, 15) is 4.39 Å².